The van der Waals surface area contributed by atoms with E-state index in [1.165, 1.54) is 11.3 Å². The highest BCUT2D eigenvalue weighted by Crippen LogP contribution is 2.35. The Morgan fingerprint density at radius 1 is 1.50 bits per heavy atom. The Labute approximate surface area is 103 Å². The van der Waals surface area contributed by atoms with Crippen molar-refractivity contribution in [1.29, 1.82) is 0 Å². The predicted molar refractivity (Wildman–Crippen MR) is 68.6 cm³/mol. The first-order valence-corrected chi connectivity index (χ1v) is 6.04. The molecule has 4 heteroatoms. The number of nitrogens with zero attached hydrogens (tertiary/aromatic N) is 1. The Hall–Kier alpha value is -1.11. The lowest BCUT2D eigenvalue weighted by Gasteiger charge is -1.94. The van der Waals surface area contributed by atoms with Gasteiger partial charge in [-0.2, -0.15) is 0 Å². The van der Waals surface area contributed by atoms with Crippen LogP contribution < -0.4 is 0 Å². The second kappa shape index (κ2) is 5.29. The molecule has 2 aromatic rings. The highest BCUT2D eigenvalue weighted by molar-refractivity contribution is 7.19. The Morgan fingerprint density at radius 3 is 2.69 bits per heavy atom. The molecule has 0 fully saturated rings. The predicted octanol–water partition coefficient (Wildman–Crippen LogP) is 4.40. The summed E-state index contributed by atoms with van der Waals surface area (Å²) in [5, 5.41) is 0.815. The van der Waals surface area contributed by atoms with Gasteiger partial charge >= 0.3 is 0 Å². The second-order valence-electron chi connectivity index (χ2n) is 2.78. The molecule has 0 aliphatic heterocycles. The number of pyridine rings is 1. The SMILES string of the molecule is C#Cc1c(C)sc2c(F)cnc(Cl)c12.CC. The van der Waals surface area contributed by atoms with E-state index in [0.717, 1.165) is 11.1 Å². The highest BCUT2D eigenvalue weighted by Gasteiger charge is 2.14. The molecule has 0 unspecified atom stereocenters. The van der Waals surface area contributed by atoms with Crippen LogP contribution in [0.2, 0.25) is 5.15 Å². The molecule has 0 aliphatic rings. The fourth-order valence-corrected chi connectivity index (χ4v) is 2.63. The van der Waals surface area contributed by atoms with Crippen LogP contribution in [0, 0.1) is 25.1 Å². The van der Waals surface area contributed by atoms with Crippen LogP contribution in [0.25, 0.3) is 10.1 Å². The van der Waals surface area contributed by atoms with Crippen molar-refractivity contribution in [3.8, 4) is 12.3 Å². The average molecular weight is 256 g/mol. The van der Waals surface area contributed by atoms with Crippen LogP contribution >= 0.6 is 22.9 Å². The number of aromatic nitrogens is 1. The van der Waals surface area contributed by atoms with Crippen LogP contribution in [0.5, 0.6) is 0 Å². The summed E-state index contributed by atoms with van der Waals surface area (Å²) < 4.78 is 13.8. The van der Waals surface area contributed by atoms with Crippen molar-refractivity contribution in [2.24, 2.45) is 0 Å². The lowest BCUT2D eigenvalue weighted by Crippen LogP contribution is -1.82. The molecule has 0 aliphatic carbocycles. The van der Waals surface area contributed by atoms with Crippen molar-refractivity contribution in [1.82, 2.24) is 4.98 Å². The molecule has 2 rings (SSSR count). The van der Waals surface area contributed by atoms with Gasteiger partial charge in [-0.3, -0.25) is 0 Å². The third kappa shape index (κ3) is 2.04. The number of rotatable bonds is 0. The minimum Gasteiger partial charge on any atom is -0.241 e. The standard InChI is InChI=1S/C10H5ClFNS.C2H6/c1-3-6-5(2)14-9-7(12)4-13-10(11)8(6)9;1-2/h1,4H,2H3;1-2H3. The van der Waals surface area contributed by atoms with E-state index in [0.29, 0.717) is 15.6 Å². The van der Waals surface area contributed by atoms with Crippen LogP contribution in [0.3, 0.4) is 0 Å². The monoisotopic (exact) mass is 255 g/mol. The maximum Gasteiger partial charge on any atom is 0.159 e. The van der Waals surface area contributed by atoms with E-state index in [9.17, 15) is 4.39 Å². The van der Waals surface area contributed by atoms with Crippen LogP contribution in [0.4, 0.5) is 4.39 Å². The molecule has 2 aromatic heterocycles. The number of aryl methyl sites for hydroxylation is 1. The van der Waals surface area contributed by atoms with Crippen molar-refractivity contribution < 1.29 is 4.39 Å². The van der Waals surface area contributed by atoms with Crippen LogP contribution in [-0.2, 0) is 0 Å². The zero-order valence-corrected chi connectivity index (χ0v) is 10.8. The number of fused-ring (bicyclic) bond motifs is 1. The van der Waals surface area contributed by atoms with Gasteiger partial charge in [0.1, 0.15) is 5.15 Å². The smallest absolute Gasteiger partial charge is 0.159 e. The van der Waals surface area contributed by atoms with E-state index in [1.807, 2.05) is 20.8 Å². The Kier molecular flexibility index (Phi) is 4.28. The van der Waals surface area contributed by atoms with Crippen LogP contribution in [-0.4, -0.2) is 4.98 Å². The zero-order chi connectivity index (χ0) is 12.3. The Morgan fingerprint density at radius 2 is 2.12 bits per heavy atom. The van der Waals surface area contributed by atoms with E-state index in [4.69, 9.17) is 18.0 Å². The summed E-state index contributed by atoms with van der Waals surface area (Å²) in [7, 11) is 0. The van der Waals surface area contributed by atoms with Gasteiger partial charge in [-0.1, -0.05) is 31.4 Å². The average Bonchev–Trinajstić information content (AvgIpc) is 2.64. The maximum absolute atomic E-state index is 13.3. The molecular formula is C12H11ClFNS. The van der Waals surface area contributed by atoms with Crippen LogP contribution in [0.15, 0.2) is 6.20 Å². The molecule has 0 amide bonds. The van der Waals surface area contributed by atoms with Gasteiger partial charge in [0, 0.05) is 15.8 Å². The highest BCUT2D eigenvalue weighted by atomic mass is 35.5. The third-order valence-corrected chi connectivity index (χ3v) is 3.34. The first kappa shape index (κ1) is 13.0. The van der Waals surface area contributed by atoms with Gasteiger partial charge in [-0.05, 0) is 6.92 Å². The molecule has 2 heterocycles. The van der Waals surface area contributed by atoms with Gasteiger partial charge in [0.05, 0.1) is 10.9 Å². The fourth-order valence-electron chi connectivity index (χ4n) is 1.32. The maximum atomic E-state index is 13.3. The molecule has 0 saturated carbocycles. The Bertz CT molecular complexity index is 554. The molecule has 16 heavy (non-hydrogen) atoms. The third-order valence-electron chi connectivity index (χ3n) is 1.94. The lowest BCUT2D eigenvalue weighted by molar-refractivity contribution is 0.636. The summed E-state index contributed by atoms with van der Waals surface area (Å²) in [6, 6.07) is 0. The van der Waals surface area contributed by atoms with Crippen molar-refractivity contribution in [2.75, 3.05) is 0 Å². The molecule has 1 nitrogen and oxygen atoms in total. The first-order valence-electron chi connectivity index (χ1n) is 4.85. The second-order valence-corrected chi connectivity index (χ2v) is 4.36. The molecule has 0 spiro atoms. The molecule has 0 bridgehead atoms. The quantitative estimate of drug-likeness (QED) is 0.502. The molecule has 84 valence electrons. The summed E-state index contributed by atoms with van der Waals surface area (Å²) in [6.45, 7) is 5.84. The molecule has 0 atom stereocenters. The Balaban J connectivity index is 0.000000606. The van der Waals surface area contributed by atoms with Crippen molar-refractivity contribution in [3.63, 3.8) is 0 Å². The van der Waals surface area contributed by atoms with E-state index in [2.05, 4.69) is 10.9 Å². The van der Waals surface area contributed by atoms with E-state index >= 15 is 0 Å². The van der Waals surface area contributed by atoms with E-state index in [-0.39, 0.29) is 11.0 Å². The number of terminal acetylenes is 1. The molecular weight excluding hydrogens is 245 g/mol. The van der Waals surface area contributed by atoms with Crippen molar-refractivity contribution in [2.45, 2.75) is 20.8 Å². The number of hydrogen-bond donors (Lipinski definition) is 0. The molecule has 0 saturated heterocycles. The number of thiophene rings is 1. The van der Waals surface area contributed by atoms with Gasteiger partial charge in [-0.25, -0.2) is 9.37 Å². The molecule has 0 radical (unpaired) electrons. The van der Waals surface area contributed by atoms with Gasteiger partial charge in [0.15, 0.2) is 5.82 Å². The summed E-state index contributed by atoms with van der Waals surface area (Å²) >= 11 is 7.16. The number of halogens is 2. The summed E-state index contributed by atoms with van der Waals surface area (Å²) in [6.07, 6.45) is 6.44. The first-order chi connectivity index (χ1) is 7.65. The normalized spacial score (nSPS) is 9.50. The molecule has 0 aromatic carbocycles. The largest absolute Gasteiger partial charge is 0.241 e. The summed E-state index contributed by atoms with van der Waals surface area (Å²) in [5.41, 5.74) is 0.641. The zero-order valence-electron chi connectivity index (χ0n) is 9.27. The number of hydrogen-bond acceptors (Lipinski definition) is 2. The van der Waals surface area contributed by atoms with Crippen LogP contribution in [0.1, 0.15) is 24.3 Å². The van der Waals surface area contributed by atoms with Gasteiger partial charge in [0.2, 0.25) is 0 Å². The minimum absolute atomic E-state index is 0.263. The fraction of sp³-hybridized carbons (Fsp3) is 0.250. The minimum atomic E-state index is -0.376. The summed E-state index contributed by atoms with van der Waals surface area (Å²) in [4.78, 5) is 4.62. The van der Waals surface area contributed by atoms with E-state index in [1.54, 1.807) is 0 Å². The van der Waals surface area contributed by atoms with Gasteiger partial charge in [-0.15, -0.1) is 17.8 Å². The van der Waals surface area contributed by atoms with Gasteiger partial charge < -0.3 is 0 Å². The van der Waals surface area contributed by atoms with E-state index < -0.39 is 0 Å². The molecule has 0 N–H and O–H groups in total. The van der Waals surface area contributed by atoms with Crippen molar-refractivity contribution >= 4 is 33.0 Å². The topological polar surface area (TPSA) is 12.9 Å². The van der Waals surface area contributed by atoms with Crippen molar-refractivity contribution in [3.05, 3.63) is 27.6 Å². The summed E-state index contributed by atoms with van der Waals surface area (Å²) in [5.74, 6) is 2.13. The lowest BCUT2D eigenvalue weighted by atomic mass is 10.2. The van der Waals surface area contributed by atoms with Gasteiger partial charge in [0.25, 0.3) is 0 Å².